The highest BCUT2D eigenvalue weighted by Crippen LogP contribution is 2.34. The first-order valence-electron chi connectivity index (χ1n) is 8.72. The second kappa shape index (κ2) is 6.00. The van der Waals surface area contributed by atoms with E-state index in [1.165, 1.54) is 61.9 Å². The number of anilines is 1. The number of benzene rings is 1. The minimum Gasteiger partial charge on any atom is -0.365 e. The molecule has 1 aromatic carbocycles. The van der Waals surface area contributed by atoms with Gasteiger partial charge in [0.1, 0.15) is 0 Å². The molecule has 116 valence electrons. The van der Waals surface area contributed by atoms with Crippen molar-refractivity contribution in [3.8, 4) is 0 Å². The van der Waals surface area contributed by atoms with Crippen LogP contribution < -0.4 is 10.2 Å². The molecule has 2 aliphatic rings. The summed E-state index contributed by atoms with van der Waals surface area (Å²) in [6.07, 6.45) is 8.13. The highest BCUT2D eigenvalue weighted by molar-refractivity contribution is 5.52. The van der Waals surface area contributed by atoms with E-state index in [2.05, 4.69) is 49.2 Å². The molecule has 2 heteroatoms. The van der Waals surface area contributed by atoms with Crippen LogP contribution in [0.3, 0.4) is 0 Å². The summed E-state index contributed by atoms with van der Waals surface area (Å²) in [5.74, 6) is 0. The molecular weight excluding hydrogens is 256 g/mol. The maximum Gasteiger partial charge on any atom is 0.0412 e. The molecule has 21 heavy (non-hydrogen) atoms. The fourth-order valence-corrected chi connectivity index (χ4v) is 4.09. The number of nitrogens with one attached hydrogen (secondary N) is 1. The number of nitrogens with zero attached hydrogens (tertiary/aromatic N) is 1. The van der Waals surface area contributed by atoms with E-state index in [0.29, 0.717) is 11.6 Å². The highest BCUT2D eigenvalue weighted by Gasteiger charge is 2.39. The van der Waals surface area contributed by atoms with Crippen LogP contribution in [0.2, 0.25) is 0 Å². The van der Waals surface area contributed by atoms with Gasteiger partial charge in [-0.1, -0.05) is 32.3 Å². The molecule has 3 rings (SSSR count). The quantitative estimate of drug-likeness (QED) is 0.877. The van der Waals surface area contributed by atoms with Crippen molar-refractivity contribution in [2.24, 2.45) is 0 Å². The predicted molar refractivity (Wildman–Crippen MR) is 91.2 cm³/mol. The molecule has 1 atom stereocenters. The predicted octanol–water partition coefficient (Wildman–Crippen LogP) is 4.19. The van der Waals surface area contributed by atoms with Crippen LogP contribution in [0.25, 0.3) is 0 Å². The summed E-state index contributed by atoms with van der Waals surface area (Å²) < 4.78 is 0. The van der Waals surface area contributed by atoms with Crippen molar-refractivity contribution in [2.75, 3.05) is 18.0 Å². The molecule has 0 aromatic heterocycles. The Balaban J connectivity index is 1.86. The van der Waals surface area contributed by atoms with Gasteiger partial charge in [0, 0.05) is 30.4 Å². The van der Waals surface area contributed by atoms with Gasteiger partial charge in [0.25, 0.3) is 0 Å². The zero-order valence-corrected chi connectivity index (χ0v) is 13.9. The lowest BCUT2D eigenvalue weighted by Crippen LogP contribution is -2.65. The fourth-order valence-electron chi connectivity index (χ4n) is 4.09. The van der Waals surface area contributed by atoms with Gasteiger partial charge in [0.15, 0.2) is 0 Å². The molecule has 1 aliphatic carbocycles. The Bertz CT molecular complexity index is 488. The molecule has 0 bridgehead atoms. The van der Waals surface area contributed by atoms with Crippen molar-refractivity contribution in [3.63, 3.8) is 0 Å². The third-order valence-corrected chi connectivity index (χ3v) is 5.73. The second-order valence-corrected chi connectivity index (χ2v) is 7.18. The van der Waals surface area contributed by atoms with Crippen LogP contribution >= 0.6 is 0 Å². The van der Waals surface area contributed by atoms with Crippen LogP contribution in [0.1, 0.15) is 56.6 Å². The van der Waals surface area contributed by atoms with Crippen molar-refractivity contribution in [1.82, 2.24) is 5.32 Å². The molecule has 1 spiro atoms. The first kappa shape index (κ1) is 14.9. The molecule has 1 aromatic rings. The van der Waals surface area contributed by atoms with E-state index in [0.717, 1.165) is 6.54 Å². The van der Waals surface area contributed by atoms with Gasteiger partial charge < -0.3 is 10.2 Å². The van der Waals surface area contributed by atoms with Crippen molar-refractivity contribution in [3.05, 3.63) is 29.3 Å². The summed E-state index contributed by atoms with van der Waals surface area (Å²) >= 11 is 0. The van der Waals surface area contributed by atoms with E-state index in [1.54, 1.807) is 0 Å². The first-order chi connectivity index (χ1) is 10.1. The average Bonchev–Trinajstić information content (AvgIpc) is 2.51. The molecule has 1 unspecified atom stereocenters. The third-order valence-electron chi connectivity index (χ3n) is 5.73. The van der Waals surface area contributed by atoms with Crippen molar-refractivity contribution in [1.29, 1.82) is 0 Å². The zero-order chi connectivity index (χ0) is 14.9. The lowest BCUT2D eigenvalue weighted by atomic mass is 9.79. The average molecular weight is 286 g/mol. The lowest BCUT2D eigenvalue weighted by molar-refractivity contribution is 0.196. The molecule has 1 aliphatic heterocycles. The lowest BCUT2D eigenvalue weighted by Gasteiger charge is -2.50. The van der Waals surface area contributed by atoms with E-state index < -0.39 is 0 Å². The van der Waals surface area contributed by atoms with Gasteiger partial charge in [-0.2, -0.15) is 0 Å². The van der Waals surface area contributed by atoms with E-state index >= 15 is 0 Å². The van der Waals surface area contributed by atoms with Gasteiger partial charge in [-0.3, -0.25) is 0 Å². The SMILES string of the molecule is CCC1CNC2(CCCCC2)CN1c1ccc(C)c(C)c1. The molecule has 1 N–H and O–H groups in total. The largest absolute Gasteiger partial charge is 0.365 e. The maximum atomic E-state index is 3.92. The van der Waals surface area contributed by atoms with E-state index in [4.69, 9.17) is 0 Å². The van der Waals surface area contributed by atoms with Crippen LogP contribution in [0.4, 0.5) is 5.69 Å². The Labute approximate surface area is 129 Å². The summed E-state index contributed by atoms with van der Waals surface area (Å²) in [6.45, 7) is 9.09. The van der Waals surface area contributed by atoms with Crippen LogP contribution in [0, 0.1) is 13.8 Å². The van der Waals surface area contributed by atoms with Crippen LogP contribution in [0.15, 0.2) is 18.2 Å². The van der Waals surface area contributed by atoms with E-state index in [-0.39, 0.29) is 0 Å². The summed E-state index contributed by atoms with van der Waals surface area (Å²) in [7, 11) is 0. The van der Waals surface area contributed by atoms with E-state index in [9.17, 15) is 0 Å². The Hall–Kier alpha value is -1.02. The Morgan fingerprint density at radius 1 is 1.14 bits per heavy atom. The Kier molecular flexibility index (Phi) is 4.26. The Morgan fingerprint density at radius 2 is 1.90 bits per heavy atom. The summed E-state index contributed by atoms with van der Waals surface area (Å²) in [5, 5.41) is 3.92. The first-order valence-corrected chi connectivity index (χ1v) is 8.72. The maximum absolute atomic E-state index is 3.92. The summed E-state index contributed by atoms with van der Waals surface area (Å²) in [6, 6.07) is 7.64. The normalized spacial score (nSPS) is 25.3. The minimum absolute atomic E-state index is 0.378. The van der Waals surface area contributed by atoms with E-state index in [1.807, 2.05) is 0 Å². The smallest absolute Gasteiger partial charge is 0.0412 e. The zero-order valence-electron chi connectivity index (χ0n) is 13.9. The van der Waals surface area contributed by atoms with Crippen molar-refractivity contribution in [2.45, 2.75) is 70.9 Å². The molecule has 0 radical (unpaired) electrons. The molecule has 2 nitrogen and oxygen atoms in total. The van der Waals surface area contributed by atoms with Gasteiger partial charge in [-0.05, 0) is 56.4 Å². The van der Waals surface area contributed by atoms with Crippen LogP contribution in [0.5, 0.6) is 0 Å². The molecule has 1 saturated heterocycles. The second-order valence-electron chi connectivity index (χ2n) is 7.18. The Morgan fingerprint density at radius 3 is 2.57 bits per heavy atom. The number of rotatable bonds is 2. The number of piperazine rings is 1. The molecule has 0 amide bonds. The number of hydrogen-bond acceptors (Lipinski definition) is 2. The third kappa shape index (κ3) is 2.96. The number of aryl methyl sites for hydroxylation is 2. The number of hydrogen-bond donors (Lipinski definition) is 1. The monoisotopic (exact) mass is 286 g/mol. The van der Waals surface area contributed by atoms with Crippen molar-refractivity contribution >= 4 is 5.69 Å². The minimum atomic E-state index is 0.378. The molecule has 2 fully saturated rings. The summed E-state index contributed by atoms with van der Waals surface area (Å²) in [5.41, 5.74) is 4.62. The van der Waals surface area contributed by atoms with Crippen LogP contribution in [-0.2, 0) is 0 Å². The topological polar surface area (TPSA) is 15.3 Å². The highest BCUT2D eigenvalue weighted by atomic mass is 15.3. The summed E-state index contributed by atoms with van der Waals surface area (Å²) in [4.78, 5) is 2.69. The fraction of sp³-hybridized carbons (Fsp3) is 0.684. The van der Waals surface area contributed by atoms with Gasteiger partial charge in [-0.25, -0.2) is 0 Å². The van der Waals surface area contributed by atoms with Gasteiger partial charge in [0.2, 0.25) is 0 Å². The van der Waals surface area contributed by atoms with Gasteiger partial charge in [0.05, 0.1) is 0 Å². The van der Waals surface area contributed by atoms with Gasteiger partial charge in [-0.15, -0.1) is 0 Å². The van der Waals surface area contributed by atoms with Gasteiger partial charge >= 0.3 is 0 Å². The van der Waals surface area contributed by atoms with Crippen LogP contribution in [-0.4, -0.2) is 24.7 Å². The molecule has 1 saturated carbocycles. The molecule has 1 heterocycles. The molecular formula is C19H30N2. The standard InChI is InChI=1S/C19H30N2/c1-4-17-13-20-19(10-6-5-7-11-19)14-21(17)18-9-8-15(2)16(3)12-18/h8-9,12,17,20H,4-7,10-11,13-14H2,1-3H3. The van der Waals surface area contributed by atoms with Crippen molar-refractivity contribution < 1.29 is 0 Å².